The van der Waals surface area contributed by atoms with Crippen LogP contribution in [-0.2, 0) is 62.0 Å². The van der Waals surface area contributed by atoms with Gasteiger partial charge in [0.1, 0.15) is 24.9 Å². The smallest absolute Gasteiger partial charge is 0.332 e. The Labute approximate surface area is 354 Å². The van der Waals surface area contributed by atoms with Crippen LogP contribution in [0.15, 0.2) is 12.2 Å². The molecular weight excluding hydrogens is 803 g/mol. The second-order valence-electron chi connectivity index (χ2n) is 17.9. The molecular formula is C42H59N3O14S. The van der Waals surface area contributed by atoms with E-state index in [0.717, 1.165) is 31.9 Å². The molecule has 0 aromatic rings. The summed E-state index contributed by atoms with van der Waals surface area (Å²) >= 11 is 1.85. The number of nitrogens with one attached hydrogen (secondary N) is 3. The number of allylic oxidation sites excluding steroid dienone is 1. The number of Topliss-reactive ketones (excluding diaryl/α,β-unsaturated/α-hetero) is 2. The Kier molecular flexibility index (Phi) is 13.7. The van der Waals surface area contributed by atoms with E-state index in [1.165, 1.54) is 13.8 Å². The Morgan fingerprint density at radius 1 is 0.850 bits per heavy atom. The summed E-state index contributed by atoms with van der Waals surface area (Å²) in [6, 6.07) is 0.228. The third-order valence-corrected chi connectivity index (χ3v) is 15.2. The molecule has 332 valence electrons. The zero-order chi connectivity index (χ0) is 43.7. The van der Waals surface area contributed by atoms with Crippen LogP contribution in [0.25, 0.3) is 0 Å². The average molecular weight is 862 g/mol. The van der Waals surface area contributed by atoms with Gasteiger partial charge in [0.25, 0.3) is 0 Å². The molecule has 60 heavy (non-hydrogen) atoms. The number of carbonyl (C=O) groups excluding carboxylic acids is 8. The molecule has 2 aliphatic heterocycles. The number of unbranched alkanes of at least 4 members (excludes halogenated alkanes) is 1. The molecule has 1 spiro atoms. The average Bonchev–Trinajstić information content (AvgIpc) is 3.77. The van der Waals surface area contributed by atoms with Crippen molar-refractivity contribution >= 4 is 59.1 Å². The van der Waals surface area contributed by atoms with Gasteiger partial charge >= 0.3 is 29.9 Å². The van der Waals surface area contributed by atoms with E-state index >= 15 is 0 Å². The summed E-state index contributed by atoms with van der Waals surface area (Å²) in [5, 5.41) is 9.10. The number of fused-ring (bicyclic) bond motifs is 4. The van der Waals surface area contributed by atoms with Gasteiger partial charge in [-0.1, -0.05) is 33.8 Å². The van der Waals surface area contributed by atoms with E-state index in [9.17, 15) is 38.4 Å². The molecule has 18 heteroatoms. The Bertz CT molecular complexity index is 1770. The monoisotopic (exact) mass is 861 g/mol. The molecule has 2 saturated heterocycles. The van der Waals surface area contributed by atoms with Gasteiger partial charge in [-0.3, -0.25) is 28.8 Å². The standard InChI is InChI=1S/C42H59N3O14S/c1-21-25-16-27(56-22(2)46)35-41(7)30(57-23(3)47)17-29(40(5,6)36(41)34(51)38(58-24(4)48)42(35,18-25)37(21)52)59-32(50)19-55-15-14-54-13-12-43-31(49)11-9-8-10-28-33-26(20-60-28)44-39(53)45-33/h25-30,33,35-36,38H,1,8-20H2,2-7H3,(H,43,49)(H2,44,45,53)/t25-,26+,27+,28+,29+,30+,33+,35+,36-,38+,41+,42+/m1/s1. The quantitative estimate of drug-likeness (QED) is 0.0627. The third-order valence-electron chi connectivity index (χ3n) is 13.7. The van der Waals surface area contributed by atoms with Crippen molar-refractivity contribution in [2.75, 3.05) is 38.7 Å². The number of ether oxygens (including phenoxy) is 6. The highest BCUT2D eigenvalue weighted by atomic mass is 32.2. The van der Waals surface area contributed by atoms with Gasteiger partial charge in [0.05, 0.1) is 37.3 Å². The number of thioether (sulfide) groups is 1. The highest BCUT2D eigenvalue weighted by Gasteiger charge is 2.80. The van der Waals surface area contributed by atoms with Crippen LogP contribution in [0.3, 0.4) is 0 Å². The van der Waals surface area contributed by atoms with Gasteiger partial charge in [0.15, 0.2) is 17.7 Å². The number of ketones is 2. The molecule has 0 radical (unpaired) electrons. The summed E-state index contributed by atoms with van der Waals surface area (Å²) in [6.07, 6.45) is -1.23. The summed E-state index contributed by atoms with van der Waals surface area (Å²) in [5.41, 5.74) is -3.88. The van der Waals surface area contributed by atoms with Crippen LogP contribution < -0.4 is 16.0 Å². The van der Waals surface area contributed by atoms with Crippen LogP contribution in [-0.4, -0.2) is 128 Å². The number of amides is 3. The zero-order valence-corrected chi connectivity index (χ0v) is 36.1. The number of hydrogen-bond donors (Lipinski definition) is 3. The first kappa shape index (κ1) is 45.5. The molecule has 3 N–H and O–H groups in total. The van der Waals surface area contributed by atoms with Crippen molar-refractivity contribution in [1.82, 2.24) is 16.0 Å². The van der Waals surface area contributed by atoms with E-state index in [1.807, 2.05) is 11.8 Å². The molecule has 6 rings (SSSR count). The first-order chi connectivity index (χ1) is 28.3. The molecule has 0 aromatic heterocycles. The van der Waals surface area contributed by atoms with Crippen LogP contribution in [0.5, 0.6) is 0 Å². The number of esters is 4. The Hall–Kier alpha value is -4.03. The van der Waals surface area contributed by atoms with Crippen molar-refractivity contribution in [2.24, 2.45) is 34.0 Å². The molecule has 0 unspecified atom stereocenters. The van der Waals surface area contributed by atoms with Crippen molar-refractivity contribution < 1.29 is 66.8 Å². The lowest BCUT2D eigenvalue weighted by Crippen LogP contribution is -2.76. The van der Waals surface area contributed by atoms with Crippen molar-refractivity contribution in [1.29, 1.82) is 0 Å². The minimum atomic E-state index is -1.62. The fourth-order valence-electron chi connectivity index (χ4n) is 11.5. The fourth-order valence-corrected chi connectivity index (χ4v) is 13.0. The predicted molar refractivity (Wildman–Crippen MR) is 213 cm³/mol. The van der Waals surface area contributed by atoms with Crippen molar-refractivity contribution in [3.8, 4) is 0 Å². The molecule has 6 aliphatic rings. The first-order valence-corrected chi connectivity index (χ1v) is 22.0. The topological polar surface area (TPSA) is 228 Å². The summed E-state index contributed by atoms with van der Waals surface area (Å²) in [4.78, 5) is 104. The van der Waals surface area contributed by atoms with Gasteiger partial charge in [0.2, 0.25) is 5.91 Å². The van der Waals surface area contributed by atoms with E-state index in [2.05, 4.69) is 22.5 Å². The van der Waals surface area contributed by atoms with E-state index < -0.39 is 100 Å². The van der Waals surface area contributed by atoms with E-state index in [-0.39, 0.29) is 68.7 Å². The predicted octanol–water partition coefficient (Wildman–Crippen LogP) is 2.36. The molecule has 4 saturated carbocycles. The maximum absolute atomic E-state index is 15.0. The molecule has 2 heterocycles. The zero-order valence-electron chi connectivity index (χ0n) is 35.3. The number of hydrogen-bond acceptors (Lipinski definition) is 15. The highest BCUT2D eigenvalue weighted by molar-refractivity contribution is 8.00. The van der Waals surface area contributed by atoms with Crippen molar-refractivity contribution in [3.05, 3.63) is 12.2 Å². The lowest BCUT2D eigenvalue weighted by Gasteiger charge is -2.66. The Morgan fingerprint density at radius 3 is 2.25 bits per heavy atom. The van der Waals surface area contributed by atoms with Gasteiger partial charge < -0.3 is 44.4 Å². The summed E-state index contributed by atoms with van der Waals surface area (Å²) in [5.74, 6) is -5.43. The van der Waals surface area contributed by atoms with Crippen LogP contribution in [0.1, 0.15) is 86.5 Å². The molecule has 2 bridgehead atoms. The first-order valence-electron chi connectivity index (χ1n) is 20.9. The maximum atomic E-state index is 15.0. The second kappa shape index (κ2) is 18.1. The van der Waals surface area contributed by atoms with Crippen LogP contribution in [0.2, 0.25) is 0 Å². The molecule has 12 atom stereocenters. The lowest BCUT2D eigenvalue weighted by molar-refractivity contribution is -0.265. The SMILES string of the molecule is C=C1C(=O)[C@]23C[C@H]1C[C@H](OC(C)=O)[C@H]2[C@]1(C)[C@@H](OC(C)=O)C[C@H](OC(=O)COCCOCCNC(=O)CCCC[C@@H]2SC[C@@H]4NC(=O)N[C@@H]42)C(C)(C)[C@H]1C(=O)[C@@H]3OC(C)=O. The number of urea groups is 1. The summed E-state index contributed by atoms with van der Waals surface area (Å²) in [7, 11) is 0. The van der Waals surface area contributed by atoms with Gasteiger partial charge in [-0.05, 0) is 37.2 Å². The highest BCUT2D eigenvalue weighted by Crippen LogP contribution is 2.71. The van der Waals surface area contributed by atoms with Gasteiger partial charge in [-0.2, -0.15) is 11.8 Å². The summed E-state index contributed by atoms with van der Waals surface area (Å²) < 4.78 is 34.7. The molecule has 3 amide bonds. The third kappa shape index (κ3) is 8.69. The lowest BCUT2D eigenvalue weighted by atomic mass is 9.38. The van der Waals surface area contributed by atoms with E-state index in [4.69, 9.17) is 28.4 Å². The Balaban J connectivity index is 1.02. The van der Waals surface area contributed by atoms with Crippen LogP contribution >= 0.6 is 11.8 Å². The van der Waals surface area contributed by atoms with E-state index in [1.54, 1.807) is 20.8 Å². The van der Waals surface area contributed by atoms with Crippen LogP contribution in [0.4, 0.5) is 4.79 Å². The number of rotatable bonds is 17. The molecule has 4 aliphatic carbocycles. The minimum Gasteiger partial charge on any atom is -0.462 e. The fraction of sp³-hybridized carbons (Fsp3) is 0.762. The van der Waals surface area contributed by atoms with Gasteiger partial charge in [-0.15, -0.1) is 0 Å². The van der Waals surface area contributed by atoms with Crippen molar-refractivity contribution in [3.63, 3.8) is 0 Å². The van der Waals surface area contributed by atoms with Crippen LogP contribution in [0, 0.1) is 34.0 Å². The maximum Gasteiger partial charge on any atom is 0.332 e. The van der Waals surface area contributed by atoms with Gasteiger partial charge in [-0.25, -0.2) is 9.59 Å². The largest absolute Gasteiger partial charge is 0.462 e. The van der Waals surface area contributed by atoms with E-state index in [0.29, 0.717) is 18.2 Å². The number of carbonyl (C=O) groups is 8. The normalized spacial score (nSPS) is 35.9. The van der Waals surface area contributed by atoms with Gasteiger partial charge in [0, 0.05) is 73.8 Å². The molecule has 6 fully saturated rings. The second-order valence-corrected chi connectivity index (χ2v) is 19.1. The molecule has 0 aromatic carbocycles. The Morgan fingerprint density at radius 2 is 1.55 bits per heavy atom. The summed E-state index contributed by atoms with van der Waals surface area (Å²) in [6.45, 7) is 13.2. The van der Waals surface area contributed by atoms with Crippen molar-refractivity contribution in [2.45, 2.75) is 128 Å². The molecule has 17 nitrogen and oxygen atoms in total. The minimum absolute atomic E-state index is 0.0402.